The van der Waals surface area contributed by atoms with Gasteiger partial charge in [-0.3, -0.25) is 4.68 Å². The first-order valence-electron chi connectivity index (χ1n) is 7.94. The molecule has 5 heteroatoms. The minimum Gasteiger partial charge on any atom is -0.377 e. The summed E-state index contributed by atoms with van der Waals surface area (Å²) in [7, 11) is 5.84. The minimum atomic E-state index is -0.0905. The largest absolute Gasteiger partial charge is 0.377 e. The summed E-state index contributed by atoms with van der Waals surface area (Å²) < 4.78 is 7.94. The predicted octanol–water partition coefficient (Wildman–Crippen LogP) is 3.25. The summed E-state index contributed by atoms with van der Waals surface area (Å²) in [6.45, 7) is 1.96. The quantitative estimate of drug-likeness (QED) is 0.848. The highest BCUT2D eigenvalue weighted by molar-refractivity contribution is 6.31. The SMILES string of the molecule is CNC(Cc1c(Cl)c(C)nn1C)C1(OC)CCCCCC1. The molecule has 1 atom stereocenters. The zero-order valence-electron chi connectivity index (χ0n) is 13.7. The minimum absolute atomic E-state index is 0.0905. The second-order valence-corrected chi connectivity index (χ2v) is 6.58. The Kier molecular flexibility index (Phi) is 5.69. The van der Waals surface area contributed by atoms with E-state index in [0.717, 1.165) is 35.7 Å². The standard InChI is InChI=1S/C16H28ClN3O/c1-12-15(17)13(20(3)19-12)11-14(18-2)16(21-4)9-7-5-6-8-10-16/h14,18H,5-11H2,1-4H3. The third-order valence-electron chi connectivity index (χ3n) is 5.00. The van der Waals surface area contributed by atoms with E-state index in [1.54, 1.807) is 0 Å². The van der Waals surface area contributed by atoms with E-state index in [0.29, 0.717) is 0 Å². The van der Waals surface area contributed by atoms with Crippen LogP contribution in [0.5, 0.6) is 0 Å². The van der Waals surface area contributed by atoms with Gasteiger partial charge >= 0.3 is 0 Å². The van der Waals surface area contributed by atoms with Gasteiger partial charge in [-0.05, 0) is 26.8 Å². The number of halogens is 1. The molecule has 1 aliphatic rings. The van der Waals surface area contributed by atoms with Gasteiger partial charge < -0.3 is 10.1 Å². The number of ether oxygens (including phenoxy) is 1. The molecule has 4 nitrogen and oxygen atoms in total. The first-order chi connectivity index (χ1) is 10.0. The van der Waals surface area contributed by atoms with E-state index in [2.05, 4.69) is 10.4 Å². The van der Waals surface area contributed by atoms with Gasteiger partial charge in [0, 0.05) is 26.6 Å². The van der Waals surface area contributed by atoms with Gasteiger partial charge in [-0.2, -0.15) is 5.10 Å². The lowest BCUT2D eigenvalue weighted by Gasteiger charge is -2.39. The fraction of sp³-hybridized carbons (Fsp3) is 0.812. The van der Waals surface area contributed by atoms with Crippen LogP contribution in [0.2, 0.25) is 5.02 Å². The Morgan fingerprint density at radius 1 is 1.33 bits per heavy atom. The summed E-state index contributed by atoms with van der Waals surface area (Å²) in [4.78, 5) is 0. The van der Waals surface area contributed by atoms with E-state index in [1.165, 1.54) is 25.7 Å². The second kappa shape index (κ2) is 7.12. The maximum atomic E-state index is 6.42. The molecule has 21 heavy (non-hydrogen) atoms. The van der Waals surface area contributed by atoms with Crippen LogP contribution in [0.3, 0.4) is 0 Å². The van der Waals surface area contributed by atoms with Crippen molar-refractivity contribution in [1.29, 1.82) is 0 Å². The highest BCUT2D eigenvalue weighted by Crippen LogP contribution is 2.35. The van der Waals surface area contributed by atoms with Crippen LogP contribution in [0.25, 0.3) is 0 Å². The summed E-state index contributed by atoms with van der Waals surface area (Å²) in [6.07, 6.45) is 8.18. The van der Waals surface area contributed by atoms with Crippen molar-refractivity contribution >= 4 is 11.6 Å². The molecule has 0 amide bonds. The van der Waals surface area contributed by atoms with Gasteiger partial charge in [-0.25, -0.2) is 0 Å². The molecule has 0 bridgehead atoms. The first-order valence-corrected chi connectivity index (χ1v) is 8.32. The van der Waals surface area contributed by atoms with Crippen LogP contribution in [0.15, 0.2) is 0 Å². The van der Waals surface area contributed by atoms with E-state index < -0.39 is 0 Å². The van der Waals surface area contributed by atoms with Crippen molar-refractivity contribution < 1.29 is 4.74 Å². The third kappa shape index (κ3) is 3.43. The molecule has 1 saturated carbocycles. The van der Waals surface area contributed by atoms with Crippen molar-refractivity contribution in [3.05, 3.63) is 16.4 Å². The molecule has 0 aliphatic heterocycles. The van der Waals surface area contributed by atoms with Crippen LogP contribution in [0, 0.1) is 6.92 Å². The number of likely N-dealkylation sites (N-methyl/N-ethyl adjacent to an activating group) is 1. The topological polar surface area (TPSA) is 39.1 Å². The van der Waals surface area contributed by atoms with Gasteiger partial charge in [0.2, 0.25) is 0 Å². The Morgan fingerprint density at radius 3 is 2.38 bits per heavy atom. The van der Waals surface area contributed by atoms with Crippen molar-refractivity contribution in [2.45, 2.75) is 63.5 Å². The van der Waals surface area contributed by atoms with Gasteiger partial charge in [0.05, 0.1) is 22.0 Å². The van der Waals surface area contributed by atoms with Gasteiger partial charge in [-0.1, -0.05) is 37.3 Å². The lowest BCUT2D eigenvalue weighted by atomic mass is 9.83. The van der Waals surface area contributed by atoms with E-state index in [9.17, 15) is 0 Å². The predicted molar refractivity (Wildman–Crippen MR) is 86.9 cm³/mol. The number of rotatable bonds is 5. The molecule has 0 saturated heterocycles. The van der Waals surface area contributed by atoms with Crippen LogP contribution >= 0.6 is 11.6 Å². The smallest absolute Gasteiger partial charge is 0.0847 e. The average Bonchev–Trinajstić information content (AvgIpc) is 2.67. The lowest BCUT2D eigenvalue weighted by Crippen LogP contribution is -2.52. The summed E-state index contributed by atoms with van der Waals surface area (Å²) in [6, 6.07) is 0.257. The summed E-state index contributed by atoms with van der Waals surface area (Å²) in [5, 5.41) is 8.69. The van der Waals surface area contributed by atoms with Crippen LogP contribution in [-0.2, 0) is 18.2 Å². The Balaban J connectivity index is 2.24. The zero-order valence-corrected chi connectivity index (χ0v) is 14.5. The van der Waals surface area contributed by atoms with Gasteiger partial charge in [0.25, 0.3) is 0 Å². The normalized spacial score (nSPS) is 20.2. The molecular weight excluding hydrogens is 286 g/mol. The Bertz CT molecular complexity index is 464. The van der Waals surface area contributed by atoms with Crippen molar-refractivity contribution in [2.75, 3.05) is 14.2 Å². The first kappa shape index (κ1) is 16.8. The number of nitrogens with one attached hydrogen (secondary N) is 1. The summed E-state index contributed by atoms with van der Waals surface area (Å²) >= 11 is 6.42. The van der Waals surface area contributed by atoms with E-state index in [-0.39, 0.29) is 11.6 Å². The summed E-state index contributed by atoms with van der Waals surface area (Å²) in [5.41, 5.74) is 1.90. The lowest BCUT2D eigenvalue weighted by molar-refractivity contribution is -0.0512. The van der Waals surface area contributed by atoms with Crippen molar-refractivity contribution in [2.24, 2.45) is 7.05 Å². The molecule has 2 rings (SSSR count). The Morgan fingerprint density at radius 2 is 1.95 bits per heavy atom. The maximum absolute atomic E-state index is 6.42. The molecule has 1 fully saturated rings. The number of hydrogen-bond acceptors (Lipinski definition) is 3. The molecule has 1 aliphatic carbocycles. The zero-order chi connectivity index (χ0) is 15.5. The highest BCUT2D eigenvalue weighted by atomic mass is 35.5. The molecule has 1 heterocycles. The highest BCUT2D eigenvalue weighted by Gasteiger charge is 2.39. The molecule has 1 unspecified atom stereocenters. The number of hydrogen-bond donors (Lipinski definition) is 1. The summed E-state index contributed by atoms with van der Waals surface area (Å²) in [5.74, 6) is 0. The molecule has 1 N–H and O–H groups in total. The Labute approximate surface area is 133 Å². The monoisotopic (exact) mass is 313 g/mol. The Hall–Kier alpha value is -0.580. The fourth-order valence-electron chi connectivity index (χ4n) is 3.67. The van der Waals surface area contributed by atoms with Gasteiger partial charge in [0.15, 0.2) is 0 Å². The van der Waals surface area contributed by atoms with Gasteiger partial charge in [0.1, 0.15) is 0 Å². The van der Waals surface area contributed by atoms with E-state index in [1.807, 2.05) is 32.8 Å². The molecule has 0 aromatic carbocycles. The van der Waals surface area contributed by atoms with Gasteiger partial charge in [-0.15, -0.1) is 0 Å². The van der Waals surface area contributed by atoms with Crippen LogP contribution in [0.1, 0.15) is 49.9 Å². The van der Waals surface area contributed by atoms with Crippen LogP contribution in [0.4, 0.5) is 0 Å². The number of aryl methyl sites for hydroxylation is 2. The fourth-order valence-corrected chi connectivity index (χ4v) is 3.91. The molecular formula is C16H28ClN3O. The van der Waals surface area contributed by atoms with Crippen molar-refractivity contribution in [1.82, 2.24) is 15.1 Å². The van der Waals surface area contributed by atoms with E-state index in [4.69, 9.17) is 16.3 Å². The van der Waals surface area contributed by atoms with Crippen LogP contribution in [-0.4, -0.2) is 35.6 Å². The van der Waals surface area contributed by atoms with Crippen molar-refractivity contribution in [3.63, 3.8) is 0 Å². The number of aromatic nitrogens is 2. The maximum Gasteiger partial charge on any atom is 0.0847 e. The molecule has 1 aromatic rings. The molecule has 0 spiro atoms. The second-order valence-electron chi connectivity index (χ2n) is 6.20. The molecule has 1 aromatic heterocycles. The third-order valence-corrected chi connectivity index (χ3v) is 5.49. The van der Waals surface area contributed by atoms with Crippen molar-refractivity contribution in [3.8, 4) is 0 Å². The van der Waals surface area contributed by atoms with E-state index >= 15 is 0 Å². The van der Waals surface area contributed by atoms with Crippen LogP contribution < -0.4 is 5.32 Å². The number of nitrogens with zero attached hydrogens (tertiary/aromatic N) is 2. The average molecular weight is 314 g/mol. The molecule has 0 radical (unpaired) electrons. The molecule has 120 valence electrons. The number of methoxy groups -OCH3 is 1.